The fourth-order valence-corrected chi connectivity index (χ4v) is 4.62. The number of hydrogen-bond donors (Lipinski definition) is 1. The van der Waals surface area contributed by atoms with Gasteiger partial charge in [0.25, 0.3) is 0 Å². The van der Waals surface area contributed by atoms with Crippen molar-refractivity contribution in [3.05, 3.63) is 0 Å². The zero-order valence-corrected chi connectivity index (χ0v) is 13.7. The van der Waals surface area contributed by atoms with E-state index in [2.05, 4.69) is 21.7 Å². The van der Waals surface area contributed by atoms with Gasteiger partial charge in [-0.05, 0) is 38.6 Å². The fraction of sp³-hybridized carbons (Fsp3) is 0.941. The number of nitrogens with zero attached hydrogens (tertiary/aromatic N) is 3. The van der Waals surface area contributed by atoms with Crippen LogP contribution >= 0.6 is 0 Å². The van der Waals surface area contributed by atoms with Gasteiger partial charge in [-0.3, -0.25) is 4.99 Å². The molecule has 0 aromatic rings. The summed E-state index contributed by atoms with van der Waals surface area (Å²) in [6.07, 6.45) is 11.9. The van der Waals surface area contributed by atoms with Crippen molar-refractivity contribution in [2.24, 2.45) is 10.7 Å². The molecule has 1 spiro atoms. The van der Waals surface area contributed by atoms with Crippen LogP contribution in [0.2, 0.25) is 0 Å². The Bertz CT molecular complexity index is 363. The number of nitrogens with two attached hydrogens (primary N) is 1. The van der Waals surface area contributed by atoms with Gasteiger partial charge in [0.2, 0.25) is 0 Å². The van der Waals surface area contributed by atoms with Crippen molar-refractivity contribution in [3.63, 3.8) is 0 Å². The number of rotatable bonds is 3. The molecule has 0 aromatic heterocycles. The Morgan fingerprint density at radius 2 is 1.81 bits per heavy atom. The zero-order chi connectivity index (χ0) is 14.7. The second-order valence-corrected chi connectivity index (χ2v) is 7.26. The van der Waals surface area contributed by atoms with Gasteiger partial charge in [-0.1, -0.05) is 32.6 Å². The van der Waals surface area contributed by atoms with Crippen molar-refractivity contribution in [1.82, 2.24) is 9.80 Å². The first-order chi connectivity index (χ1) is 10.2. The van der Waals surface area contributed by atoms with Gasteiger partial charge in [-0.2, -0.15) is 0 Å². The molecule has 2 N–H and O–H groups in total. The highest BCUT2D eigenvalue weighted by Crippen LogP contribution is 2.37. The Balaban J connectivity index is 1.70. The van der Waals surface area contributed by atoms with Gasteiger partial charge in [-0.15, -0.1) is 0 Å². The van der Waals surface area contributed by atoms with Crippen LogP contribution < -0.4 is 5.73 Å². The summed E-state index contributed by atoms with van der Waals surface area (Å²) in [5, 5.41) is 0. The first-order valence-electron chi connectivity index (χ1n) is 9.07. The lowest BCUT2D eigenvalue weighted by Crippen LogP contribution is -2.60. The van der Waals surface area contributed by atoms with Crippen LogP contribution in [0.4, 0.5) is 0 Å². The van der Waals surface area contributed by atoms with Crippen molar-refractivity contribution < 1.29 is 0 Å². The Kier molecular flexibility index (Phi) is 4.72. The van der Waals surface area contributed by atoms with Crippen molar-refractivity contribution in [3.8, 4) is 0 Å². The molecule has 1 saturated heterocycles. The molecule has 0 radical (unpaired) electrons. The third-order valence-corrected chi connectivity index (χ3v) is 5.81. The van der Waals surface area contributed by atoms with E-state index in [1.807, 2.05) is 0 Å². The molecule has 0 unspecified atom stereocenters. The summed E-state index contributed by atoms with van der Waals surface area (Å²) in [6.45, 7) is 6.91. The molecule has 2 heterocycles. The van der Waals surface area contributed by atoms with E-state index >= 15 is 0 Å². The second-order valence-electron chi connectivity index (χ2n) is 7.26. The van der Waals surface area contributed by atoms with E-state index in [1.54, 1.807) is 0 Å². The molecule has 2 fully saturated rings. The third kappa shape index (κ3) is 3.05. The van der Waals surface area contributed by atoms with E-state index < -0.39 is 0 Å². The van der Waals surface area contributed by atoms with E-state index in [1.165, 1.54) is 77.4 Å². The highest BCUT2D eigenvalue weighted by molar-refractivity contribution is 5.81. The number of aliphatic imine (C=N–C) groups is 1. The second kappa shape index (κ2) is 6.55. The van der Waals surface area contributed by atoms with Crippen molar-refractivity contribution >= 4 is 5.96 Å². The summed E-state index contributed by atoms with van der Waals surface area (Å²) in [7, 11) is 0. The summed E-state index contributed by atoms with van der Waals surface area (Å²) in [4.78, 5) is 9.86. The number of likely N-dealkylation sites (tertiary alicyclic amines) is 1. The smallest absolute Gasteiger partial charge is 0.192 e. The molecule has 3 rings (SSSR count). The Labute approximate surface area is 129 Å². The molecule has 4 nitrogen and oxygen atoms in total. The summed E-state index contributed by atoms with van der Waals surface area (Å²) in [5.74, 6) is 0.839. The summed E-state index contributed by atoms with van der Waals surface area (Å²) < 4.78 is 0. The molecule has 0 bridgehead atoms. The predicted molar refractivity (Wildman–Crippen MR) is 88.5 cm³/mol. The fourth-order valence-electron chi connectivity index (χ4n) is 4.62. The van der Waals surface area contributed by atoms with Gasteiger partial charge < -0.3 is 15.5 Å². The molecule has 1 saturated carbocycles. The normalized spacial score (nSPS) is 27.9. The van der Waals surface area contributed by atoms with Crippen LogP contribution in [0.25, 0.3) is 0 Å². The van der Waals surface area contributed by atoms with Gasteiger partial charge >= 0.3 is 0 Å². The number of piperidine rings is 1. The predicted octanol–water partition coefficient (Wildman–Crippen LogP) is 2.58. The molecular weight excluding hydrogens is 260 g/mol. The molecule has 0 atom stereocenters. The van der Waals surface area contributed by atoms with Crippen LogP contribution in [0.1, 0.15) is 64.7 Å². The molecule has 3 aliphatic rings. The first kappa shape index (κ1) is 15.1. The van der Waals surface area contributed by atoms with Crippen LogP contribution in [-0.2, 0) is 0 Å². The molecule has 4 heteroatoms. The van der Waals surface area contributed by atoms with Gasteiger partial charge in [0.15, 0.2) is 5.96 Å². The first-order valence-corrected chi connectivity index (χ1v) is 9.07. The Hall–Kier alpha value is -0.770. The lowest BCUT2D eigenvalue weighted by atomic mass is 9.84. The van der Waals surface area contributed by atoms with Crippen molar-refractivity contribution in [2.45, 2.75) is 76.3 Å². The van der Waals surface area contributed by atoms with E-state index in [0.29, 0.717) is 6.04 Å². The Morgan fingerprint density at radius 3 is 2.43 bits per heavy atom. The maximum atomic E-state index is 6.32. The molecular formula is C17H32N4. The third-order valence-electron chi connectivity index (χ3n) is 5.81. The minimum Gasteiger partial charge on any atom is -0.370 e. The molecule has 21 heavy (non-hydrogen) atoms. The highest BCUT2D eigenvalue weighted by atomic mass is 15.4. The van der Waals surface area contributed by atoms with Crippen LogP contribution in [-0.4, -0.2) is 53.5 Å². The summed E-state index contributed by atoms with van der Waals surface area (Å²) >= 11 is 0. The minimum atomic E-state index is 0.253. The lowest BCUT2D eigenvalue weighted by Gasteiger charge is -2.48. The zero-order valence-electron chi connectivity index (χ0n) is 13.7. The lowest BCUT2D eigenvalue weighted by molar-refractivity contribution is 0.0569. The van der Waals surface area contributed by atoms with Gasteiger partial charge in [-0.25, -0.2) is 0 Å². The van der Waals surface area contributed by atoms with Gasteiger partial charge in [0, 0.05) is 19.1 Å². The minimum absolute atomic E-state index is 0.253. The quantitative estimate of drug-likeness (QED) is 0.813. The largest absolute Gasteiger partial charge is 0.370 e. The van der Waals surface area contributed by atoms with Crippen molar-refractivity contribution in [1.29, 1.82) is 0 Å². The van der Waals surface area contributed by atoms with E-state index in [0.717, 1.165) is 12.5 Å². The molecule has 1 aliphatic carbocycles. The summed E-state index contributed by atoms with van der Waals surface area (Å²) in [6, 6.07) is 0.650. The maximum absolute atomic E-state index is 6.32. The number of hydrogen-bond acceptors (Lipinski definition) is 4. The average molecular weight is 292 g/mol. The molecule has 0 amide bonds. The van der Waals surface area contributed by atoms with Crippen LogP contribution in [0, 0.1) is 0 Å². The van der Waals surface area contributed by atoms with Crippen LogP contribution in [0.15, 0.2) is 4.99 Å². The molecule has 0 aromatic carbocycles. The van der Waals surface area contributed by atoms with Crippen molar-refractivity contribution in [2.75, 3.05) is 26.2 Å². The maximum Gasteiger partial charge on any atom is 0.192 e. The van der Waals surface area contributed by atoms with E-state index in [4.69, 9.17) is 5.73 Å². The average Bonchev–Trinajstić information content (AvgIpc) is 2.69. The topological polar surface area (TPSA) is 44.9 Å². The van der Waals surface area contributed by atoms with Crippen LogP contribution in [0.5, 0.6) is 0 Å². The monoisotopic (exact) mass is 292 g/mol. The standard InChI is InChI=1S/C17H32N4/c1-2-11-20-12-9-17(10-13-20)14-19-16(18)21(17)15-7-5-3-4-6-8-15/h15H,2-14H2,1H3,(H2,18,19). The van der Waals surface area contributed by atoms with Gasteiger partial charge in [0.05, 0.1) is 12.1 Å². The van der Waals surface area contributed by atoms with E-state index in [-0.39, 0.29) is 5.54 Å². The number of guanidine groups is 1. The van der Waals surface area contributed by atoms with Gasteiger partial charge in [0.1, 0.15) is 0 Å². The Morgan fingerprint density at radius 1 is 1.14 bits per heavy atom. The molecule has 2 aliphatic heterocycles. The molecule has 120 valence electrons. The summed E-state index contributed by atoms with van der Waals surface area (Å²) in [5.41, 5.74) is 6.58. The highest BCUT2D eigenvalue weighted by Gasteiger charge is 2.46. The SMILES string of the molecule is CCCN1CCC2(CC1)CN=C(N)N2C1CCCCCC1. The van der Waals surface area contributed by atoms with E-state index in [9.17, 15) is 0 Å². The van der Waals surface area contributed by atoms with Crippen LogP contribution in [0.3, 0.4) is 0 Å².